The molecule has 1 heterocycles. The third kappa shape index (κ3) is 3.10. The van der Waals surface area contributed by atoms with E-state index in [1.165, 1.54) is 12.2 Å². The average molecular weight is 361 g/mol. The molecule has 5 heteroatoms. The van der Waals surface area contributed by atoms with Crippen molar-refractivity contribution in [2.45, 2.75) is 71.3 Å². The van der Waals surface area contributed by atoms with Crippen LogP contribution in [0.15, 0.2) is 12.2 Å². The number of hydrogen-bond acceptors (Lipinski definition) is 3. The summed E-state index contributed by atoms with van der Waals surface area (Å²) in [6.45, 7) is 6.60. The van der Waals surface area contributed by atoms with E-state index in [-0.39, 0.29) is 29.6 Å². The van der Waals surface area contributed by atoms with Gasteiger partial charge in [-0.3, -0.25) is 19.3 Å². The van der Waals surface area contributed by atoms with Gasteiger partial charge in [0, 0.05) is 12.2 Å². The predicted molar refractivity (Wildman–Crippen MR) is 98.2 cm³/mol. The normalized spacial score (nSPS) is 38.2. The van der Waals surface area contributed by atoms with E-state index >= 15 is 0 Å². The van der Waals surface area contributed by atoms with Crippen LogP contribution < -0.4 is 0 Å². The van der Waals surface area contributed by atoms with Crippen LogP contribution in [0, 0.1) is 29.6 Å². The number of nitrogens with zero attached hydrogens (tertiary/aromatic N) is 1. The first-order valence-electron chi connectivity index (χ1n) is 10.1. The van der Waals surface area contributed by atoms with Crippen molar-refractivity contribution in [3.8, 4) is 0 Å². The Morgan fingerprint density at radius 2 is 1.65 bits per heavy atom. The van der Waals surface area contributed by atoms with E-state index in [4.69, 9.17) is 0 Å². The molecule has 0 aromatic heterocycles. The van der Waals surface area contributed by atoms with E-state index in [1.807, 2.05) is 0 Å². The summed E-state index contributed by atoms with van der Waals surface area (Å²) in [6.07, 6.45) is 8.65. The van der Waals surface area contributed by atoms with Crippen molar-refractivity contribution < 1.29 is 19.5 Å². The van der Waals surface area contributed by atoms with Crippen LogP contribution in [0.2, 0.25) is 0 Å². The van der Waals surface area contributed by atoms with E-state index < -0.39 is 11.5 Å². The zero-order chi connectivity index (χ0) is 19.1. The molecule has 26 heavy (non-hydrogen) atoms. The molecule has 2 aliphatic carbocycles. The summed E-state index contributed by atoms with van der Waals surface area (Å²) in [4.78, 5) is 38.3. The Morgan fingerprint density at radius 1 is 1.08 bits per heavy atom. The summed E-state index contributed by atoms with van der Waals surface area (Å²) in [6, 6.07) is 0. The minimum Gasteiger partial charge on any atom is -0.481 e. The van der Waals surface area contributed by atoms with E-state index in [9.17, 15) is 19.5 Å². The van der Waals surface area contributed by atoms with Crippen molar-refractivity contribution in [1.29, 1.82) is 0 Å². The summed E-state index contributed by atoms with van der Waals surface area (Å²) in [5.74, 6) is -0.0664. The average Bonchev–Trinajstić information content (AvgIpc) is 2.93. The summed E-state index contributed by atoms with van der Waals surface area (Å²) in [5.41, 5.74) is -0.465. The second kappa shape index (κ2) is 7.16. The fourth-order valence-corrected chi connectivity index (χ4v) is 6.00. The molecule has 0 aromatic carbocycles. The van der Waals surface area contributed by atoms with Gasteiger partial charge in [-0.2, -0.15) is 0 Å². The molecule has 0 spiro atoms. The van der Waals surface area contributed by atoms with Crippen LogP contribution in [-0.4, -0.2) is 33.3 Å². The van der Waals surface area contributed by atoms with Gasteiger partial charge in [0.05, 0.1) is 11.5 Å². The molecular formula is C21H31NO4. The fraction of sp³-hybridized carbons (Fsp3) is 0.762. The monoisotopic (exact) mass is 361 g/mol. The lowest BCUT2D eigenvalue weighted by Gasteiger charge is -2.57. The number of rotatable bonds is 4. The third-order valence-electron chi connectivity index (χ3n) is 7.10. The highest BCUT2D eigenvalue weighted by molar-refractivity contribution is 6.13. The number of amides is 2. The molecule has 0 bridgehead atoms. The van der Waals surface area contributed by atoms with Gasteiger partial charge in [-0.1, -0.05) is 27.2 Å². The molecule has 3 unspecified atom stereocenters. The first-order chi connectivity index (χ1) is 12.3. The van der Waals surface area contributed by atoms with Crippen molar-refractivity contribution in [3.63, 3.8) is 0 Å². The Bertz CT molecular complexity index is 600. The van der Waals surface area contributed by atoms with E-state index in [2.05, 4.69) is 20.8 Å². The third-order valence-corrected chi connectivity index (χ3v) is 7.10. The number of aliphatic carboxylic acids is 1. The summed E-state index contributed by atoms with van der Waals surface area (Å²) >= 11 is 0. The molecule has 2 fully saturated rings. The number of hydrogen-bond donors (Lipinski definition) is 1. The van der Waals surface area contributed by atoms with Gasteiger partial charge >= 0.3 is 5.97 Å². The van der Waals surface area contributed by atoms with Crippen molar-refractivity contribution in [1.82, 2.24) is 4.90 Å². The zero-order valence-corrected chi connectivity index (χ0v) is 16.1. The van der Waals surface area contributed by atoms with Gasteiger partial charge in [-0.05, 0) is 62.2 Å². The molecule has 5 nitrogen and oxygen atoms in total. The Hall–Kier alpha value is -1.65. The first-order valence-corrected chi connectivity index (χ1v) is 10.1. The maximum absolute atomic E-state index is 12.7. The largest absolute Gasteiger partial charge is 0.481 e. The van der Waals surface area contributed by atoms with Gasteiger partial charge in [0.1, 0.15) is 0 Å². The van der Waals surface area contributed by atoms with Gasteiger partial charge in [0.2, 0.25) is 0 Å². The standard InChI is InChI=1S/C21H31NO4/c1-13(2)17-9-4-14(3)12-21(17,22-18(23)10-11-19(22)24)16-7-5-15(6-8-16)20(25)26/h10-11,13-17H,4-9,12H2,1-3H3,(H,25,26). The lowest BCUT2D eigenvalue weighted by molar-refractivity contribution is -0.160. The van der Waals surface area contributed by atoms with Gasteiger partial charge < -0.3 is 5.11 Å². The summed E-state index contributed by atoms with van der Waals surface area (Å²) in [5, 5.41) is 9.35. The molecule has 2 saturated carbocycles. The van der Waals surface area contributed by atoms with E-state index in [0.717, 1.165) is 32.1 Å². The summed E-state index contributed by atoms with van der Waals surface area (Å²) < 4.78 is 0. The predicted octanol–water partition coefficient (Wildman–Crippen LogP) is 3.63. The molecular weight excluding hydrogens is 330 g/mol. The minimum absolute atomic E-state index is 0.185. The highest BCUT2D eigenvalue weighted by Gasteiger charge is 2.57. The molecule has 0 aromatic rings. The molecule has 2 amide bonds. The van der Waals surface area contributed by atoms with Crippen molar-refractivity contribution >= 4 is 17.8 Å². The summed E-state index contributed by atoms with van der Waals surface area (Å²) in [7, 11) is 0. The van der Waals surface area contributed by atoms with Crippen molar-refractivity contribution in [3.05, 3.63) is 12.2 Å². The van der Waals surface area contributed by atoms with Crippen LogP contribution >= 0.6 is 0 Å². The van der Waals surface area contributed by atoms with Crippen LogP contribution in [0.3, 0.4) is 0 Å². The Morgan fingerprint density at radius 3 is 2.15 bits per heavy atom. The smallest absolute Gasteiger partial charge is 0.306 e. The number of imide groups is 1. The molecule has 144 valence electrons. The second-order valence-electron chi connectivity index (χ2n) is 8.96. The topological polar surface area (TPSA) is 74.7 Å². The van der Waals surface area contributed by atoms with Crippen molar-refractivity contribution in [2.24, 2.45) is 29.6 Å². The van der Waals surface area contributed by atoms with Gasteiger partial charge in [-0.25, -0.2) is 0 Å². The Labute approximate surface area is 155 Å². The molecule has 0 radical (unpaired) electrons. The maximum Gasteiger partial charge on any atom is 0.306 e. The highest BCUT2D eigenvalue weighted by atomic mass is 16.4. The lowest BCUT2D eigenvalue weighted by Crippen LogP contribution is -2.64. The molecule has 3 rings (SSSR count). The van der Waals surface area contributed by atoms with Gasteiger partial charge in [0.15, 0.2) is 0 Å². The fourth-order valence-electron chi connectivity index (χ4n) is 6.00. The zero-order valence-electron chi connectivity index (χ0n) is 16.1. The number of carbonyl (C=O) groups is 3. The van der Waals surface area contributed by atoms with Crippen LogP contribution in [0.4, 0.5) is 0 Å². The molecule has 0 saturated heterocycles. The molecule has 1 aliphatic heterocycles. The maximum atomic E-state index is 12.7. The van der Waals surface area contributed by atoms with Crippen LogP contribution in [0.25, 0.3) is 0 Å². The van der Waals surface area contributed by atoms with Gasteiger partial charge in [-0.15, -0.1) is 0 Å². The Kier molecular flexibility index (Phi) is 5.27. The van der Waals surface area contributed by atoms with Crippen LogP contribution in [-0.2, 0) is 14.4 Å². The number of carbonyl (C=O) groups excluding carboxylic acids is 2. The van der Waals surface area contributed by atoms with Gasteiger partial charge in [0.25, 0.3) is 11.8 Å². The number of carboxylic acid groups (broad SMARTS) is 1. The molecule has 3 aliphatic rings. The molecule has 3 atom stereocenters. The SMILES string of the molecule is CC1CCC(C(C)C)C(C2CCC(C(=O)O)CC2)(N2C(=O)C=CC2=O)C1. The van der Waals surface area contributed by atoms with E-state index in [1.54, 1.807) is 4.90 Å². The van der Waals surface area contributed by atoms with Crippen molar-refractivity contribution in [2.75, 3.05) is 0 Å². The highest BCUT2D eigenvalue weighted by Crippen LogP contribution is 2.53. The van der Waals surface area contributed by atoms with Crippen LogP contribution in [0.5, 0.6) is 0 Å². The first kappa shape index (κ1) is 19.1. The molecule has 1 N–H and O–H groups in total. The quantitative estimate of drug-likeness (QED) is 0.776. The van der Waals surface area contributed by atoms with Crippen LogP contribution in [0.1, 0.15) is 65.7 Å². The Balaban J connectivity index is 2.00. The van der Waals surface area contributed by atoms with E-state index in [0.29, 0.717) is 24.7 Å². The number of carboxylic acids is 1. The second-order valence-corrected chi connectivity index (χ2v) is 8.96. The lowest BCUT2D eigenvalue weighted by atomic mass is 9.56. The minimum atomic E-state index is -0.718.